The molecular formula is C14H12N4O3S. The van der Waals surface area contributed by atoms with Crippen LogP contribution >= 0.6 is 0 Å². The second-order valence-corrected chi connectivity index (χ2v) is 6.34. The van der Waals surface area contributed by atoms with Crippen molar-refractivity contribution in [1.29, 1.82) is 0 Å². The average Bonchev–Trinajstić information content (AvgIpc) is 2.90. The number of Topliss-reactive ketones (excluding diaryl/α,β-unsaturated/α-hetero) is 1. The Hall–Kier alpha value is -2.74. The zero-order valence-corrected chi connectivity index (χ0v) is 12.4. The predicted octanol–water partition coefficient (Wildman–Crippen LogP) is 1.96. The highest BCUT2D eigenvalue weighted by Crippen LogP contribution is 2.21. The van der Waals surface area contributed by atoms with Crippen LogP contribution in [0.4, 0.5) is 5.82 Å². The zero-order valence-electron chi connectivity index (χ0n) is 11.6. The fraction of sp³-hybridized carbons (Fsp3) is 0.0714. The maximum atomic E-state index is 12.4. The number of hydrogen-bond acceptors (Lipinski definition) is 5. The van der Waals surface area contributed by atoms with Crippen molar-refractivity contribution in [3.63, 3.8) is 0 Å². The fourth-order valence-corrected chi connectivity index (χ4v) is 3.01. The third kappa shape index (κ3) is 2.56. The molecule has 0 aliphatic carbocycles. The van der Waals surface area contributed by atoms with Gasteiger partial charge in [0.25, 0.3) is 10.0 Å². The number of ketones is 1. The van der Waals surface area contributed by atoms with Crippen molar-refractivity contribution in [3.05, 3.63) is 48.2 Å². The van der Waals surface area contributed by atoms with Crippen LogP contribution in [0.15, 0.2) is 47.5 Å². The quantitative estimate of drug-likeness (QED) is 0.716. The summed E-state index contributed by atoms with van der Waals surface area (Å²) in [5.41, 5.74) is 0.945. The van der Waals surface area contributed by atoms with E-state index in [1.807, 2.05) is 0 Å². The van der Waals surface area contributed by atoms with Crippen LogP contribution in [0, 0.1) is 0 Å². The fourth-order valence-electron chi connectivity index (χ4n) is 1.99. The lowest BCUT2D eigenvalue weighted by Crippen LogP contribution is -2.13. The minimum absolute atomic E-state index is 0.0533. The van der Waals surface area contributed by atoms with Crippen molar-refractivity contribution in [1.82, 2.24) is 15.2 Å². The SMILES string of the molecule is CC(=O)c1ccc(S(=O)(=O)Nc2n[nH]c3ncccc23)cc1. The van der Waals surface area contributed by atoms with Gasteiger partial charge in [-0.1, -0.05) is 12.1 Å². The Morgan fingerprint density at radius 2 is 1.91 bits per heavy atom. The molecule has 0 aliphatic rings. The van der Waals surface area contributed by atoms with Crippen molar-refractivity contribution in [2.75, 3.05) is 4.72 Å². The van der Waals surface area contributed by atoms with Gasteiger partial charge in [0.15, 0.2) is 17.2 Å². The van der Waals surface area contributed by atoms with Gasteiger partial charge in [0.05, 0.1) is 10.3 Å². The molecule has 0 saturated carbocycles. The molecule has 0 fully saturated rings. The molecule has 22 heavy (non-hydrogen) atoms. The third-order valence-corrected chi connectivity index (χ3v) is 4.49. The van der Waals surface area contributed by atoms with Crippen LogP contribution in [0.25, 0.3) is 11.0 Å². The van der Waals surface area contributed by atoms with Gasteiger partial charge in [-0.2, -0.15) is 5.10 Å². The van der Waals surface area contributed by atoms with Crippen molar-refractivity contribution in [2.45, 2.75) is 11.8 Å². The Morgan fingerprint density at radius 1 is 1.18 bits per heavy atom. The number of anilines is 1. The van der Waals surface area contributed by atoms with Gasteiger partial charge in [-0.3, -0.25) is 14.6 Å². The first-order valence-corrected chi connectivity index (χ1v) is 7.88. The summed E-state index contributed by atoms with van der Waals surface area (Å²) in [6.07, 6.45) is 1.58. The lowest BCUT2D eigenvalue weighted by atomic mass is 10.2. The Labute approximate surface area is 126 Å². The van der Waals surface area contributed by atoms with E-state index in [9.17, 15) is 13.2 Å². The van der Waals surface area contributed by atoms with E-state index in [1.54, 1.807) is 18.3 Å². The number of rotatable bonds is 4. The molecule has 1 aromatic carbocycles. The molecule has 0 bridgehead atoms. The van der Waals surface area contributed by atoms with Crippen molar-refractivity contribution in [2.24, 2.45) is 0 Å². The molecule has 8 heteroatoms. The van der Waals surface area contributed by atoms with Gasteiger partial charge >= 0.3 is 0 Å². The van der Waals surface area contributed by atoms with E-state index >= 15 is 0 Å². The largest absolute Gasteiger partial charge is 0.295 e. The van der Waals surface area contributed by atoms with Crippen LogP contribution < -0.4 is 4.72 Å². The monoisotopic (exact) mass is 316 g/mol. The summed E-state index contributed by atoms with van der Waals surface area (Å²) in [6.45, 7) is 1.42. The molecular weight excluding hydrogens is 304 g/mol. The molecule has 2 heterocycles. The minimum Gasteiger partial charge on any atom is -0.295 e. The number of sulfonamides is 1. The highest BCUT2D eigenvalue weighted by molar-refractivity contribution is 7.92. The second kappa shape index (κ2) is 5.23. The molecule has 2 N–H and O–H groups in total. The number of fused-ring (bicyclic) bond motifs is 1. The van der Waals surface area contributed by atoms with E-state index in [0.29, 0.717) is 16.6 Å². The number of pyridine rings is 1. The molecule has 0 atom stereocenters. The highest BCUT2D eigenvalue weighted by Gasteiger charge is 2.17. The number of carbonyl (C=O) groups excluding carboxylic acids is 1. The Morgan fingerprint density at radius 3 is 2.59 bits per heavy atom. The predicted molar refractivity (Wildman–Crippen MR) is 81.1 cm³/mol. The minimum atomic E-state index is -3.79. The molecule has 3 aromatic rings. The van der Waals surface area contributed by atoms with E-state index < -0.39 is 10.0 Å². The van der Waals surface area contributed by atoms with Gasteiger partial charge in [0.2, 0.25) is 0 Å². The number of benzene rings is 1. The number of nitrogens with one attached hydrogen (secondary N) is 2. The summed E-state index contributed by atoms with van der Waals surface area (Å²) in [4.78, 5) is 15.3. The summed E-state index contributed by atoms with van der Waals surface area (Å²) < 4.78 is 27.1. The third-order valence-electron chi connectivity index (χ3n) is 3.14. The van der Waals surface area contributed by atoms with Crippen LogP contribution in [-0.2, 0) is 10.0 Å². The first-order valence-electron chi connectivity index (χ1n) is 6.40. The molecule has 0 spiro atoms. The molecule has 0 unspecified atom stereocenters. The molecule has 0 aliphatic heterocycles. The second-order valence-electron chi connectivity index (χ2n) is 4.66. The van der Waals surface area contributed by atoms with E-state index in [1.165, 1.54) is 31.2 Å². The van der Waals surface area contributed by atoms with Crippen LogP contribution in [0.3, 0.4) is 0 Å². The normalized spacial score (nSPS) is 11.5. The van der Waals surface area contributed by atoms with Crippen molar-refractivity contribution < 1.29 is 13.2 Å². The summed E-state index contributed by atoms with van der Waals surface area (Å²) in [5, 5.41) is 7.15. The molecule has 7 nitrogen and oxygen atoms in total. The number of aromatic amines is 1. The first kappa shape index (κ1) is 14.2. The maximum absolute atomic E-state index is 12.4. The van der Waals surface area contributed by atoms with E-state index in [0.717, 1.165) is 0 Å². The van der Waals surface area contributed by atoms with E-state index in [-0.39, 0.29) is 16.5 Å². The molecule has 0 amide bonds. The summed E-state index contributed by atoms with van der Waals surface area (Å²) in [5.74, 6) is 0.0556. The van der Waals surface area contributed by atoms with Crippen LogP contribution in [0.5, 0.6) is 0 Å². The van der Waals surface area contributed by atoms with Gasteiger partial charge in [-0.05, 0) is 31.2 Å². The average molecular weight is 316 g/mol. The van der Waals surface area contributed by atoms with E-state index in [2.05, 4.69) is 19.9 Å². The van der Waals surface area contributed by atoms with Gasteiger partial charge in [0.1, 0.15) is 0 Å². The molecule has 3 rings (SSSR count). The topological polar surface area (TPSA) is 105 Å². The van der Waals surface area contributed by atoms with Crippen molar-refractivity contribution >= 4 is 32.7 Å². The lowest BCUT2D eigenvalue weighted by molar-refractivity contribution is 0.101. The number of hydrogen-bond donors (Lipinski definition) is 2. The molecule has 2 aromatic heterocycles. The van der Waals surface area contributed by atoms with Crippen LogP contribution in [-0.4, -0.2) is 29.4 Å². The van der Waals surface area contributed by atoms with Gasteiger partial charge in [-0.15, -0.1) is 0 Å². The van der Waals surface area contributed by atoms with Gasteiger partial charge in [-0.25, -0.2) is 13.4 Å². The van der Waals surface area contributed by atoms with Crippen LogP contribution in [0.2, 0.25) is 0 Å². The number of aromatic nitrogens is 3. The Bertz CT molecular complexity index is 946. The summed E-state index contributed by atoms with van der Waals surface area (Å²) >= 11 is 0. The standard InChI is InChI=1S/C14H12N4O3S/c1-9(19)10-4-6-11(7-5-10)22(20,21)18-14-12-3-2-8-15-13(12)16-17-14/h2-8H,1H3,(H2,15,16,17,18). The maximum Gasteiger partial charge on any atom is 0.263 e. The summed E-state index contributed by atoms with van der Waals surface area (Å²) in [7, 11) is -3.79. The highest BCUT2D eigenvalue weighted by atomic mass is 32.2. The molecule has 112 valence electrons. The molecule has 0 saturated heterocycles. The number of nitrogens with zero attached hydrogens (tertiary/aromatic N) is 2. The Balaban J connectivity index is 1.95. The van der Waals surface area contributed by atoms with Gasteiger partial charge < -0.3 is 0 Å². The van der Waals surface area contributed by atoms with E-state index in [4.69, 9.17) is 0 Å². The lowest BCUT2D eigenvalue weighted by Gasteiger charge is -2.06. The Kier molecular flexibility index (Phi) is 3.38. The van der Waals surface area contributed by atoms with Crippen LogP contribution in [0.1, 0.15) is 17.3 Å². The number of H-pyrrole nitrogens is 1. The molecule has 0 radical (unpaired) electrons. The summed E-state index contributed by atoms with van der Waals surface area (Å²) in [6, 6.07) is 9.11. The smallest absolute Gasteiger partial charge is 0.263 e. The van der Waals surface area contributed by atoms with Crippen molar-refractivity contribution in [3.8, 4) is 0 Å². The van der Waals surface area contributed by atoms with Gasteiger partial charge in [0, 0.05) is 11.8 Å². The number of carbonyl (C=O) groups is 1. The zero-order chi connectivity index (χ0) is 15.7. The first-order chi connectivity index (χ1) is 10.5.